The van der Waals surface area contributed by atoms with Crippen molar-refractivity contribution in [2.45, 2.75) is 71.8 Å². The minimum Gasteiger partial charge on any atom is -0.313 e. The highest BCUT2D eigenvalue weighted by atomic mass is 15.1. The van der Waals surface area contributed by atoms with Crippen LogP contribution in [0.15, 0.2) is 0 Å². The molecule has 0 radical (unpaired) electrons. The van der Waals surface area contributed by atoms with Gasteiger partial charge < -0.3 is 10.2 Å². The van der Waals surface area contributed by atoms with Crippen LogP contribution in [0.5, 0.6) is 0 Å². The molecule has 2 nitrogen and oxygen atoms in total. The molecule has 2 fully saturated rings. The fourth-order valence-electron chi connectivity index (χ4n) is 3.71. The smallest absolute Gasteiger partial charge is 0.00684 e. The lowest BCUT2D eigenvalue weighted by atomic mass is 9.70. The van der Waals surface area contributed by atoms with Gasteiger partial charge in [-0.25, -0.2) is 0 Å². The van der Waals surface area contributed by atoms with Gasteiger partial charge in [0, 0.05) is 25.7 Å². The summed E-state index contributed by atoms with van der Waals surface area (Å²) in [5.41, 5.74) is 0.553. The quantitative estimate of drug-likeness (QED) is 0.725. The maximum absolute atomic E-state index is 3.83. The standard InChI is InChI=1S/C18H36N2/c1-5-15(2)12-20(4)14-18(13-19-17-6-7-17)10-8-16(3)9-11-18/h15-17,19H,5-14H2,1-4H3. The van der Waals surface area contributed by atoms with Gasteiger partial charge in [0.15, 0.2) is 0 Å². The van der Waals surface area contributed by atoms with Crippen LogP contribution in [0.4, 0.5) is 0 Å². The molecule has 2 saturated carbocycles. The zero-order valence-electron chi connectivity index (χ0n) is 14.3. The van der Waals surface area contributed by atoms with E-state index in [2.05, 4.69) is 38.0 Å². The second-order valence-electron chi connectivity index (χ2n) is 8.05. The van der Waals surface area contributed by atoms with Crippen LogP contribution in [0.25, 0.3) is 0 Å². The minimum absolute atomic E-state index is 0.553. The first-order valence-electron chi connectivity index (χ1n) is 8.95. The summed E-state index contributed by atoms with van der Waals surface area (Å²) in [6.07, 6.45) is 9.85. The molecular formula is C18H36N2. The Morgan fingerprint density at radius 2 is 1.85 bits per heavy atom. The van der Waals surface area contributed by atoms with Crippen LogP contribution >= 0.6 is 0 Å². The normalized spacial score (nSPS) is 32.5. The van der Waals surface area contributed by atoms with Gasteiger partial charge in [-0.2, -0.15) is 0 Å². The molecule has 0 aromatic carbocycles. The lowest BCUT2D eigenvalue weighted by Gasteiger charge is -2.42. The lowest BCUT2D eigenvalue weighted by molar-refractivity contribution is 0.0918. The second kappa shape index (κ2) is 7.26. The maximum Gasteiger partial charge on any atom is 0.00684 e. The molecule has 0 saturated heterocycles. The Morgan fingerprint density at radius 1 is 1.20 bits per heavy atom. The summed E-state index contributed by atoms with van der Waals surface area (Å²) in [6, 6.07) is 0.853. The molecule has 1 unspecified atom stereocenters. The van der Waals surface area contributed by atoms with Gasteiger partial charge in [0.05, 0.1) is 0 Å². The largest absolute Gasteiger partial charge is 0.313 e. The zero-order chi connectivity index (χ0) is 14.6. The minimum atomic E-state index is 0.553. The second-order valence-corrected chi connectivity index (χ2v) is 8.05. The Balaban J connectivity index is 1.87. The van der Waals surface area contributed by atoms with E-state index in [0.29, 0.717) is 5.41 Å². The van der Waals surface area contributed by atoms with Crippen molar-refractivity contribution in [3.8, 4) is 0 Å². The summed E-state index contributed by atoms with van der Waals surface area (Å²) in [5.74, 6) is 1.78. The monoisotopic (exact) mass is 280 g/mol. The number of hydrogen-bond acceptors (Lipinski definition) is 2. The van der Waals surface area contributed by atoms with Gasteiger partial charge in [-0.15, -0.1) is 0 Å². The predicted octanol–water partition coefficient (Wildman–Crippen LogP) is 3.91. The third-order valence-electron chi connectivity index (χ3n) is 5.60. The Kier molecular flexibility index (Phi) is 5.92. The number of rotatable bonds is 8. The SMILES string of the molecule is CCC(C)CN(C)CC1(CNC2CC2)CCC(C)CC1. The van der Waals surface area contributed by atoms with E-state index in [1.165, 1.54) is 64.6 Å². The van der Waals surface area contributed by atoms with E-state index in [1.807, 2.05) is 0 Å². The van der Waals surface area contributed by atoms with E-state index in [1.54, 1.807) is 0 Å². The molecule has 2 aliphatic rings. The van der Waals surface area contributed by atoms with Crippen molar-refractivity contribution in [2.24, 2.45) is 17.3 Å². The van der Waals surface area contributed by atoms with Crippen molar-refractivity contribution in [3.05, 3.63) is 0 Å². The molecule has 0 spiro atoms. The topological polar surface area (TPSA) is 15.3 Å². The Morgan fingerprint density at radius 3 is 2.40 bits per heavy atom. The van der Waals surface area contributed by atoms with Crippen LogP contribution in [-0.2, 0) is 0 Å². The average molecular weight is 281 g/mol. The number of hydrogen-bond donors (Lipinski definition) is 1. The number of nitrogens with one attached hydrogen (secondary N) is 1. The highest BCUT2D eigenvalue weighted by Crippen LogP contribution is 2.39. The van der Waals surface area contributed by atoms with Gasteiger partial charge >= 0.3 is 0 Å². The first kappa shape index (κ1) is 16.3. The van der Waals surface area contributed by atoms with E-state index in [-0.39, 0.29) is 0 Å². The molecule has 0 heterocycles. The Bertz CT molecular complexity index is 277. The molecule has 1 atom stereocenters. The molecule has 0 aromatic heterocycles. The van der Waals surface area contributed by atoms with Crippen molar-refractivity contribution in [1.29, 1.82) is 0 Å². The van der Waals surface area contributed by atoms with Crippen LogP contribution in [0.1, 0.15) is 65.7 Å². The Labute approximate surface area is 126 Å². The van der Waals surface area contributed by atoms with Gasteiger partial charge in [0.1, 0.15) is 0 Å². The van der Waals surface area contributed by atoms with Crippen molar-refractivity contribution in [2.75, 3.05) is 26.7 Å². The van der Waals surface area contributed by atoms with Gasteiger partial charge in [0.2, 0.25) is 0 Å². The van der Waals surface area contributed by atoms with E-state index < -0.39 is 0 Å². The molecular weight excluding hydrogens is 244 g/mol. The van der Waals surface area contributed by atoms with Crippen LogP contribution in [0, 0.1) is 17.3 Å². The highest BCUT2D eigenvalue weighted by Gasteiger charge is 2.36. The predicted molar refractivity (Wildman–Crippen MR) is 88.0 cm³/mol. The first-order valence-corrected chi connectivity index (χ1v) is 8.95. The molecule has 20 heavy (non-hydrogen) atoms. The van der Waals surface area contributed by atoms with Gasteiger partial charge in [-0.3, -0.25) is 0 Å². The van der Waals surface area contributed by atoms with Crippen LogP contribution in [0.3, 0.4) is 0 Å². The fourth-order valence-corrected chi connectivity index (χ4v) is 3.71. The van der Waals surface area contributed by atoms with Crippen LogP contribution in [-0.4, -0.2) is 37.6 Å². The maximum atomic E-state index is 3.83. The van der Waals surface area contributed by atoms with E-state index in [4.69, 9.17) is 0 Å². The fraction of sp³-hybridized carbons (Fsp3) is 1.00. The first-order chi connectivity index (χ1) is 9.53. The van der Waals surface area contributed by atoms with Crippen molar-refractivity contribution >= 4 is 0 Å². The van der Waals surface area contributed by atoms with Crippen LogP contribution in [0.2, 0.25) is 0 Å². The molecule has 0 amide bonds. The van der Waals surface area contributed by atoms with E-state index in [0.717, 1.165) is 17.9 Å². The summed E-state index contributed by atoms with van der Waals surface area (Å²) >= 11 is 0. The van der Waals surface area contributed by atoms with Crippen LogP contribution < -0.4 is 5.32 Å². The van der Waals surface area contributed by atoms with Gasteiger partial charge in [-0.05, 0) is 50.0 Å². The van der Waals surface area contributed by atoms with Crippen molar-refractivity contribution in [3.63, 3.8) is 0 Å². The van der Waals surface area contributed by atoms with Crippen molar-refractivity contribution < 1.29 is 0 Å². The molecule has 0 bridgehead atoms. The Hall–Kier alpha value is -0.0800. The van der Waals surface area contributed by atoms with Gasteiger partial charge in [0.25, 0.3) is 0 Å². The zero-order valence-corrected chi connectivity index (χ0v) is 14.3. The lowest BCUT2D eigenvalue weighted by Crippen LogP contribution is -2.46. The molecule has 1 N–H and O–H groups in total. The highest BCUT2D eigenvalue weighted by molar-refractivity contribution is 4.92. The average Bonchev–Trinajstić information content (AvgIpc) is 3.24. The molecule has 2 heteroatoms. The molecule has 118 valence electrons. The van der Waals surface area contributed by atoms with E-state index >= 15 is 0 Å². The molecule has 2 aliphatic carbocycles. The summed E-state index contributed by atoms with van der Waals surface area (Å²) in [7, 11) is 2.34. The summed E-state index contributed by atoms with van der Waals surface area (Å²) < 4.78 is 0. The molecule has 0 aromatic rings. The number of nitrogens with zero attached hydrogens (tertiary/aromatic N) is 1. The third kappa shape index (κ3) is 5.04. The summed E-state index contributed by atoms with van der Waals surface area (Å²) in [5, 5.41) is 3.83. The summed E-state index contributed by atoms with van der Waals surface area (Å²) in [4.78, 5) is 2.61. The van der Waals surface area contributed by atoms with Gasteiger partial charge in [-0.1, -0.05) is 40.0 Å². The third-order valence-corrected chi connectivity index (χ3v) is 5.60. The molecule has 0 aliphatic heterocycles. The molecule has 2 rings (SSSR count). The van der Waals surface area contributed by atoms with Crippen molar-refractivity contribution in [1.82, 2.24) is 10.2 Å². The van der Waals surface area contributed by atoms with E-state index in [9.17, 15) is 0 Å². The summed E-state index contributed by atoms with van der Waals surface area (Å²) in [6.45, 7) is 10.9.